The molecule has 1 amide bonds. The van der Waals surface area contributed by atoms with Crippen LogP contribution in [0, 0.1) is 0 Å². The van der Waals surface area contributed by atoms with Crippen LogP contribution in [0.3, 0.4) is 0 Å². The molecule has 0 radical (unpaired) electrons. The van der Waals surface area contributed by atoms with Crippen LogP contribution >= 0.6 is 0 Å². The molecule has 0 aliphatic rings. The van der Waals surface area contributed by atoms with Crippen LogP contribution in [0.25, 0.3) is 0 Å². The van der Waals surface area contributed by atoms with E-state index in [4.69, 9.17) is 9.47 Å². The van der Waals surface area contributed by atoms with Crippen LogP contribution < -0.4 is 9.47 Å². The number of benzene rings is 1. The first kappa shape index (κ1) is 16.3. The molecule has 1 aromatic carbocycles. The number of rotatable bonds is 8. The van der Waals surface area contributed by atoms with Crippen LogP contribution in [0.15, 0.2) is 18.2 Å². The molecule has 0 unspecified atom stereocenters. The predicted molar refractivity (Wildman–Crippen MR) is 80.6 cm³/mol. The largest absolute Gasteiger partial charge is 0.490 e. The van der Waals surface area contributed by atoms with Gasteiger partial charge in [0.2, 0.25) is 0 Å². The van der Waals surface area contributed by atoms with Crippen molar-refractivity contribution in [3.8, 4) is 11.5 Å². The summed E-state index contributed by atoms with van der Waals surface area (Å²) in [6.07, 6.45) is 2.09. The highest BCUT2D eigenvalue weighted by atomic mass is 16.5. The second kappa shape index (κ2) is 8.46. The number of ether oxygens (including phenoxy) is 2. The van der Waals surface area contributed by atoms with E-state index in [1.54, 1.807) is 23.1 Å². The van der Waals surface area contributed by atoms with Gasteiger partial charge in [-0.25, -0.2) is 0 Å². The van der Waals surface area contributed by atoms with Crippen molar-refractivity contribution < 1.29 is 14.3 Å². The first-order valence-electron chi connectivity index (χ1n) is 7.29. The molecule has 4 nitrogen and oxygen atoms in total. The summed E-state index contributed by atoms with van der Waals surface area (Å²) in [5.74, 6) is 1.33. The van der Waals surface area contributed by atoms with E-state index < -0.39 is 0 Å². The molecule has 0 atom stereocenters. The smallest absolute Gasteiger partial charge is 0.253 e. The van der Waals surface area contributed by atoms with Crippen molar-refractivity contribution >= 4 is 5.91 Å². The van der Waals surface area contributed by atoms with E-state index in [0.29, 0.717) is 30.3 Å². The molecule has 0 fully saturated rings. The average molecular weight is 279 g/mol. The SMILES string of the molecule is CCCCN(C)C(=O)c1ccc(OCC)c(OCC)c1. The van der Waals surface area contributed by atoms with E-state index in [0.717, 1.165) is 19.4 Å². The van der Waals surface area contributed by atoms with Gasteiger partial charge in [-0.2, -0.15) is 0 Å². The third-order valence-corrected chi connectivity index (χ3v) is 2.98. The van der Waals surface area contributed by atoms with Gasteiger partial charge in [-0.3, -0.25) is 4.79 Å². The number of hydrogen-bond donors (Lipinski definition) is 0. The molecule has 0 saturated heterocycles. The summed E-state index contributed by atoms with van der Waals surface area (Å²) >= 11 is 0. The number of nitrogens with zero attached hydrogens (tertiary/aromatic N) is 1. The van der Waals surface area contributed by atoms with Gasteiger partial charge in [0.1, 0.15) is 0 Å². The predicted octanol–water partition coefficient (Wildman–Crippen LogP) is 3.36. The maximum absolute atomic E-state index is 12.3. The molecule has 0 N–H and O–H groups in total. The molecule has 20 heavy (non-hydrogen) atoms. The lowest BCUT2D eigenvalue weighted by Crippen LogP contribution is -2.27. The lowest BCUT2D eigenvalue weighted by atomic mass is 10.1. The van der Waals surface area contributed by atoms with Crippen LogP contribution in [0.2, 0.25) is 0 Å². The van der Waals surface area contributed by atoms with Crippen LogP contribution in [0.4, 0.5) is 0 Å². The second-order valence-corrected chi connectivity index (χ2v) is 4.61. The zero-order valence-corrected chi connectivity index (χ0v) is 12.9. The minimum absolute atomic E-state index is 0.0162. The van der Waals surface area contributed by atoms with E-state index in [-0.39, 0.29) is 5.91 Å². The molecular weight excluding hydrogens is 254 g/mol. The Balaban J connectivity index is 2.89. The Labute approximate surface area is 121 Å². The van der Waals surface area contributed by atoms with Crippen LogP contribution in [0.1, 0.15) is 44.0 Å². The van der Waals surface area contributed by atoms with Gasteiger partial charge in [0.05, 0.1) is 13.2 Å². The molecule has 1 rings (SSSR count). The van der Waals surface area contributed by atoms with Gasteiger partial charge in [-0.05, 0) is 38.5 Å². The Kier molecular flexibility index (Phi) is 6.91. The van der Waals surface area contributed by atoms with E-state index in [9.17, 15) is 4.79 Å². The standard InChI is InChI=1S/C16H25NO3/c1-5-8-11-17(4)16(18)13-9-10-14(19-6-2)15(12-13)20-7-3/h9-10,12H,5-8,11H2,1-4H3. The first-order chi connectivity index (χ1) is 9.63. The molecule has 0 aromatic heterocycles. The van der Waals surface area contributed by atoms with Gasteiger partial charge >= 0.3 is 0 Å². The molecule has 112 valence electrons. The van der Waals surface area contributed by atoms with Gasteiger partial charge in [0, 0.05) is 19.2 Å². The Morgan fingerprint density at radius 3 is 2.35 bits per heavy atom. The Morgan fingerprint density at radius 2 is 1.75 bits per heavy atom. The number of unbranched alkanes of at least 4 members (excludes halogenated alkanes) is 1. The van der Waals surface area contributed by atoms with Crippen molar-refractivity contribution in [2.75, 3.05) is 26.8 Å². The van der Waals surface area contributed by atoms with Crippen molar-refractivity contribution in [1.82, 2.24) is 4.90 Å². The number of carbonyl (C=O) groups is 1. The number of amides is 1. The molecule has 4 heteroatoms. The summed E-state index contributed by atoms with van der Waals surface area (Å²) in [4.78, 5) is 14.1. The molecule has 0 spiro atoms. The molecule has 0 saturated carbocycles. The summed E-state index contributed by atoms with van der Waals surface area (Å²) in [5, 5.41) is 0. The molecular formula is C16H25NO3. The zero-order chi connectivity index (χ0) is 15.0. The molecule has 1 aromatic rings. The van der Waals surface area contributed by atoms with Gasteiger partial charge < -0.3 is 14.4 Å². The van der Waals surface area contributed by atoms with E-state index in [1.807, 2.05) is 20.9 Å². The lowest BCUT2D eigenvalue weighted by molar-refractivity contribution is 0.0792. The van der Waals surface area contributed by atoms with E-state index >= 15 is 0 Å². The van der Waals surface area contributed by atoms with Gasteiger partial charge in [-0.15, -0.1) is 0 Å². The summed E-state index contributed by atoms with van der Waals surface area (Å²) in [6.45, 7) is 7.84. The van der Waals surface area contributed by atoms with Gasteiger partial charge in [0.15, 0.2) is 11.5 Å². The van der Waals surface area contributed by atoms with Crippen molar-refractivity contribution in [3.05, 3.63) is 23.8 Å². The number of hydrogen-bond acceptors (Lipinski definition) is 3. The first-order valence-corrected chi connectivity index (χ1v) is 7.29. The van der Waals surface area contributed by atoms with E-state index in [1.165, 1.54) is 0 Å². The van der Waals surface area contributed by atoms with Crippen LogP contribution in [-0.4, -0.2) is 37.6 Å². The fourth-order valence-corrected chi connectivity index (χ4v) is 1.90. The quantitative estimate of drug-likeness (QED) is 0.732. The number of carbonyl (C=O) groups excluding carboxylic acids is 1. The third kappa shape index (κ3) is 4.44. The lowest BCUT2D eigenvalue weighted by Gasteiger charge is -2.18. The van der Waals surface area contributed by atoms with Crippen LogP contribution in [-0.2, 0) is 0 Å². The minimum Gasteiger partial charge on any atom is -0.490 e. The molecule has 0 bridgehead atoms. The third-order valence-electron chi connectivity index (χ3n) is 2.98. The van der Waals surface area contributed by atoms with Crippen molar-refractivity contribution in [2.24, 2.45) is 0 Å². The molecule has 0 heterocycles. The fraction of sp³-hybridized carbons (Fsp3) is 0.562. The zero-order valence-electron chi connectivity index (χ0n) is 12.9. The van der Waals surface area contributed by atoms with Gasteiger partial charge in [-0.1, -0.05) is 13.3 Å². The topological polar surface area (TPSA) is 38.8 Å². The second-order valence-electron chi connectivity index (χ2n) is 4.61. The Bertz CT molecular complexity index is 432. The molecule has 0 aliphatic carbocycles. The molecule has 0 aliphatic heterocycles. The normalized spacial score (nSPS) is 10.2. The monoisotopic (exact) mass is 279 g/mol. The van der Waals surface area contributed by atoms with E-state index in [2.05, 4.69) is 6.92 Å². The van der Waals surface area contributed by atoms with Crippen molar-refractivity contribution in [2.45, 2.75) is 33.6 Å². The van der Waals surface area contributed by atoms with Crippen molar-refractivity contribution in [1.29, 1.82) is 0 Å². The van der Waals surface area contributed by atoms with Crippen LogP contribution in [0.5, 0.6) is 11.5 Å². The highest BCUT2D eigenvalue weighted by molar-refractivity contribution is 5.94. The highest BCUT2D eigenvalue weighted by Crippen LogP contribution is 2.28. The Hall–Kier alpha value is -1.71. The van der Waals surface area contributed by atoms with Crippen molar-refractivity contribution in [3.63, 3.8) is 0 Å². The average Bonchev–Trinajstić information content (AvgIpc) is 2.46. The maximum Gasteiger partial charge on any atom is 0.253 e. The minimum atomic E-state index is 0.0162. The van der Waals surface area contributed by atoms with Gasteiger partial charge in [0.25, 0.3) is 5.91 Å². The summed E-state index contributed by atoms with van der Waals surface area (Å²) in [6, 6.07) is 5.35. The summed E-state index contributed by atoms with van der Waals surface area (Å²) in [7, 11) is 1.83. The summed E-state index contributed by atoms with van der Waals surface area (Å²) in [5.41, 5.74) is 0.635. The fourth-order valence-electron chi connectivity index (χ4n) is 1.90. The summed E-state index contributed by atoms with van der Waals surface area (Å²) < 4.78 is 11.0. The Morgan fingerprint density at radius 1 is 1.10 bits per heavy atom. The highest BCUT2D eigenvalue weighted by Gasteiger charge is 2.14. The maximum atomic E-state index is 12.3.